The number of hydrogen-bond donors (Lipinski definition) is 4. The number of amides is 2. The Labute approximate surface area is 192 Å². The third-order valence-electron chi connectivity index (χ3n) is 5.44. The molecule has 8 heteroatoms. The highest BCUT2D eigenvalue weighted by molar-refractivity contribution is 5.94. The molecule has 1 saturated carbocycles. The first-order valence-electron chi connectivity index (χ1n) is 11.6. The fourth-order valence-corrected chi connectivity index (χ4v) is 3.78. The lowest BCUT2D eigenvalue weighted by Crippen LogP contribution is -2.47. The summed E-state index contributed by atoms with van der Waals surface area (Å²) >= 11 is 0. The molecule has 2 rings (SSSR count). The molecule has 32 heavy (non-hydrogen) atoms. The van der Waals surface area contributed by atoms with Gasteiger partial charge in [0.25, 0.3) is 5.91 Å². The van der Waals surface area contributed by atoms with Crippen LogP contribution in [-0.4, -0.2) is 40.7 Å². The Morgan fingerprint density at radius 1 is 1.19 bits per heavy atom. The smallest absolute Gasteiger partial charge is 0.408 e. The molecule has 0 saturated heterocycles. The number of pyridine rings is 1. The summed E-state index contributed by atoms with van der Waals surface area (Å²) in [5.74, 6) is 0.723. The van der Waals surface area contributed by atoms with Crippen molar-refractivity contribution >= 4 is 17.8 Å². The lowest BCUT2D eigenvalue weighted by molar-refractivity contribution is -0.128. The van der Waals surface area contributed by atoms with E-state index in [2.05, 4.69) is 27.9 Å². The second kappa shape index (κ2) is 11.1. The van der Waals surface area contributed by atoms with Crippen molar-refractivity contribution in [3.05, 3.63) is 23.9 Å². The molecular weight excluding hydrogens is 406 g/mol. The molecular formula is C24H41N5O3. The summed E-state index contributed by atoms with van der Waals surface area (Å²) in [6, 6.07) is 3.71. The predicted molar refractivity (Wildman–Crippen MR) is 127 cm³/mol. The Kier molecular flexibility index (Phi) is 9.04. The molecule has 0 aliphatic heterocycles. The zero-order valence-electron chi connectivity index (χ0n) is 20.5. The van der Waals surface area contributed by atoms with Gasteiger partial charge in [0.05, 0.1) is 0 Å². The van der Waals surface area contributed by atoms with E-state index in [1.54, 1.807) is 6.20 Å². The Morgan fingerprint density at radius 3 is 2.44 bits per heavy atom. The van der Waals surface area contributed by atoms with Crippen molar-refractivity contribution in [2.24, 2.45) is 17.6 Å². The van der Waals surface area contributed by atoms with Crippen LogP contribution in [0.4, 0.5) is 10.6 Å². The highest BCUT2D eigenvalue weighted by atomic mass is 16.6. The summed E-state index contributed by atoms with van der Waals surface area (Å²) in [7, 11) is 0. The van der Waals surface area contributed by atoms with E-state index in [1.807, 2.05) is 46.8 Å². The van der Waals surface area contributed by atoms with Crippen LogP contribution in [0.25, 0.3) is 0 Å². The number of nitrogens with zero attached hydrogens (tertiary/aromatic N) is 1. The summed E-state index contributed by atoms with van der Waals surface area (Å²) in [5.41, 5.74) is 6.24. The Balaban J connectivity index is 2.06. The van der Waals surface area contributed by atoms with Crippen LogP contribution in [0.1, 0.15) is 72.8 Å². The standard InChI is InChI=1S/C24H41N5O3/c1-16-7-9-18(10-8-16)20(32-22(31)29-23(2,3)4)21(30)28-19-13-17(11-12-27-19)14-26-15-24(5,6)25/h11-13,16,18,20,26H,7-10,14-15,25H2,1-6H3,(H,29,31)(H,27,28,30). The molecule has 0 aromatic carbocycles. The average Bonchev–Trinajstić information content (AvgIpc) is 2.65. The van der Waals surface area contributed by atoms with Crippen LogP contribution in [0.3, 0.4) is 0 Å². The Hall–Kier alpha value is -2.19. The first-order valence-corrected chi connectivity index (χ1v) is 11.6. The van der Waals surface area contributed by atoms with Crippen molar-refractivity contribution in [2.75, 3.05) is 11.9 Å². The minimum absolute atomic E-state index is 0.00597. The number of aromatic nitrogens is 1. The van der Waals surface area contributed by atoms with Gasteiger partial charge in [-0.15, -0.1) is 0 Å². The van der Waals surface area contributed by atoms with Crippen LogP contribution >= 0.6 is 0 Å². The lowest BCUT2D eigenvalue weighted by Gasteiger charge is -2.32. The Bertz CT molecular complexity index is 762. The van der Waals surface area contributed by atoms with Gasteiger partial charge in [0.1, 0.15) is 5.82 Å². The first-order chi connectivity index (χ1) is 14.8. The molecule has 180 valence electrons. The van der Waals surface area contributed by atoms with Gasteiger partial charge in [-0.3, -0.25) is 4.79 Å². The van der Waals surface area contributed by atoms with E-state index in [1.165, 1.54) is 0 Å². The van der Waals surface area contributed by atoms with E-state index in [0.29, 0.717) is 24.8 Å². The highest BCUT2D eigenvalue weighted by Gasteiger charge is 2.35. The summed E-state index contributed by atoms with van der Waals surface area (Å²) in [6.07, 6.45) is 3.98. The van der Waals surface area contributed by atoms with Crippen molar-refractivity contribution in [3.63, 3.8) is 0 Å². The molecule has 1 aliphatic carbocycles. The number of nitrogens with one attached hydrogen (secondary N) is 3. The van der Waals surface area contributed by atoms with Crippen LogP contribution in [-0.2, 0) is 16.1 Å². The quantitative estimate of drug-likeness (QED) is 0.484. The maximum Gasteiger partial charge on any atom is 0.408 e. The minimum Gasteiger partial charge on any atom is -0.436 e. The van der Waals surface area contributed by atoms with Crippen LogP contribution < -0.4 is 21.7 Å². The lowest BCUT2D eigenvalue weighted by atomic mass is 9.80. The van der Waals surface area contributed by atoms with Gasteiger partial charge in [0.15, 0.2) is 6.10 Å². The number of alkyl carbamates (subject to hydrolysis) is 1. The normalized spacial score (nSPS) is 20.3. The molecule has 1 heterocycles. The molecule has 5 N–H and O–H groups in total. The van der Waals surface area contributed by atoms with Crippen LogP contribution in [0.15, 0.2) is 18.3 Å². The van der Waals surface area contributed by atoms with Gasteiger partial charge in [-0.25, -0.2) is 9.78 Å². The molecule has 1 fully saturated rings. The molecule has 1 aromatic heterocycles. The van der Waals surface area contributed by atoms with Gasteiger partial charge in [0, 0.05) is 36.3 Å². The average molecular weight is 448 g/mol. The second-order valence-corrected chi connectivity index (χ2v) is 10.9. The van der Waals surface area contributed by atoms with E-state index in [9.17, 15) is 9.59 Å². The van der Waals surface area contributed by atoms with Gasteiger partial charge >= 0.3 is 6.09 Å². The maximum absolute atomic E-state index is 13.2. The van der Waals surface area contributed by atoms with Crippen molar-refractivity contribution < 1.29 is 14.3 Å². The highest BCUT2D eigenvalue weighted by Crippen LogP contribution is 2.32. The molecule has 8 nitrogen and oxygen atoms in total. The number of hydrogen-bond acceptors (Lipinski definition) is 6. The van der Waals surface area contributed by atoms with Crippen molar-refractivity contribution in [1.82, 2.24) is 15.6 Å². The topological polar surface area (TPSA) is 118 Å². The third kappa shape index (κ3) is 9.53. The van der Waals surface area contributed by atoms with Crippen LogP contribution in [0.2, 0.25) is 0 Å². The predicted octanol–water partition coefficient (Wildman–Crippen LogP) is 3.57. The molecule has 1 aliphatic rings. The second-order valence-electron chi connectivity index (χ2n) is 10.9. The summed E-state index contributed by atoms with van der Waals surface area (Å²) < 4.78 is 5.65. The maximum atomic E-state index is 13.2. The zero-order valence-corrected chi connectivity index (χ0v) is 20.5. The summed E-state index contributed by atoms with van der Waals surface area (Å²) in [5, 5.41) is 8.95. The number of carbonyl (C=O) groups is 2. The number of rotatable bonds is 8. The Morgan fingerprint density at radius 2 is 1.84 bits per heavy atom. The van der Waals surface area contributed by atoms with Crippen LogP contribution in [0.5, 0.6) is 0 Å². The van der Waals surface area contributed by atoms with Gasteiger partial charge < -0.3 is 26.4 Å². The molecule has 0 spiro atoms. The van der Waals surface area contributed by atoms with Crippen molar-refractivity contribution in [1.29, 1.82) is 0 Å². The molecule has 1 atom stereocenters. The largest absolute Gasteiger partial charge is 0.436 e. The van der Waals surface area contributed by atoms with Gasteiger partial charge in [-0.05, 0) is 71.1 Å². The zero-order chi connectivity index (χ0) is 23.9. The number of anilines is 1. The van der Waals surface area contributed by atoms with Crippen molar-refractivity contribution in [2.45, 2.75) is 91.0 Å². The monoisotopic (exact) mass is 447 g/mol. The first kappa shape index (κ1) is 26.1. The number of nitrogens with two attached hydrogens (primary N) is 1. The van der Waals surface area contributed by atoms with E-state index >= 15 is 0 Å². The van der Waals surface area contributed by atoms with Gasteiger partial charge in [-0.1, -0.05) is 19.8 Å². The minimum atomic E-state index is -0.855. The fraction of sp³-hybridized carbons (Fsp3) is 0.708. The summed E-state index contributed by atoms with van der Waals surface area (Å²) in [6.45, 7) is 13.0. The van der Waals surface area contributed by atoms with Crippen molar-refractivity contribution in [3.8, 4) is 0 Å². The molecule has 0 radical (unpaired) electrons. The van der Waals surface area contributed by atoms with E-state index in [4.69, 9.17) is 10.5 Å². The molecule has 0 bridgehead atoms. The SMILES string of the molecule is CC1CCC(C(OC(=O)NC(C)(C)C)C(=O)Nc2cc(CNCC(C)(C)N)ccn2)CC1. The van der Waals surface area contributed by atoms with E-state index in [-0.39, 0.29) is 17.4 Å². The number of ether oxygens (including phenoxy) is 1. The summed E-state index contributed by atoms with van der Waals surface area (Å²) in [4.78, 5) is 29.9. The molecule has 1 aromatic rings. The third-order valence-corrected chi connectivity index (χ3v) is 5.44. The molecule has 2 amide bonds. The van der Waals surface area contributed by atoms with Gasteiger partial charge in [0.2, 0.25) is 0 Å². The van der Waals surface area contributed by atoms with E-state index in [0.717, 1.165) is 31.2 Å². The number of carbonyl (C=O) groups excluding carboxylic acids is 2. The van der Waals surface area contributed by atoms with Crippen LogP contribution in [0, 0.1) is 11.8 Å². The van der Waals surface area contributed by atoms with E-state index < -0.39 is 17.7 Å². The van der Waals surface area contributed by atoms with Gasteiger partial charge in [-0.2, -0.15) is 0 Å². The fourth-order valence-electron chi connectivity index (χ4n) is 3.78. The molecule has 1 unspecified atom stereocenters.